The highest BCUT2D eigenvalue weighted by Crippen LogP contribution is 2.44. The van der Waals surface area contributed by atoms with Gasteiger partial charge in [0.15, 0.2) is 6.04 Å². The number of hydrogen-bond acceptors (Lipinski definition) is 5. The first-order chi connectivity index (χ1) is 17.4. The largest absolute Gasteiger partial charge is 0.480 e. The van der Waals surface area contributed by atoms with Crippen molar-refractivity contribution < 1.29 is 29.0 Å². The molecule has 0 fully saturated rings. The molecule has 8 heteroatoms. The number of carboxylic acid groups (broad SMARTS) is 1. The summed E-state index contributed by atoms with van der Waals surface area (Å²) in [7, 11) is 0. The Bertz CT molecular complexity index is 1180. The van der Waals surface area contributed by atoms with Gasteiger partial charge in [0.25, 0.3) is 0 Å². The SMILES string of the molecule is C[C@H](OCc1ccccc1)[C@@H](NC(=O)CNC(=O)OCC1c2ccccc2-c2ccccc21)C(=O)O. The van der Waals surface area contributed by atoms with Crippen molar-refractivity contribution in [2.75, 3.05) is 13.2 Å². The zero-order valence-electron chi connectivity index (χ0n) is 19.8. The Morgan fingerprint density at radius 1 is 0.889 bits per heavy atom. The topological polar surface area (TPSA) is 114 Å². The molecule has 0 saturated heterocycles. The van der Waals surface area contributed by atoms with Crippen molar-refractivity contribution in [2.24, 2.45) is 0 Å². The maximum Gasteiger partial charge on any atom is 0.407 e. The molecule has 4 rings (SSSR count). The van der Waals surface area contributed by atoms with E-state index in [0.717, 1.165) is 27.8 Å². The van der Waals surface area contributed by atoms with Crippen molar-refractivity contribution in [3.05, 3.63) is 95.6 Å². The lowest BCUT2D eigenvalue weighted by molar-refractivity contribution is -0.146. The van der Waals surface area contributed by atoms with Crippen LogP contribution in [0.5, 0.6) is 0 Å². The lowest BCUT2D eigenvalue weighted by Crippen LogP contribution is -2.51. The van der Waals surface area contributed by atoms with E-state index in [2.05, 4.69) is 10.6 Å². The molecule has 2 amide bonds. The number of aliphatic carboxylic acids is 1. The molecule has 0 bridgehead atoms. The summed E-state index contributed by atoms with van der Waals surface area (Å²) >= 11 is 0. The Morgan fingerprint density at radius 2 is 1.47 bits per heavy atom. The van der Waals surface area contributed by atoms with Crippen molar-refractivity contribution in [1.82, 2.24) is 10.6 Å². The molecule has 0 saturated carbocycles. The van der Waals surface area contributed by atoms with E-state index in [4.69, 9.17) is 9.47 Å². The third-order valence-electron chi connectivity index (χ3n) is 6.14. The van der Waals surface area contributed by atoms with Gasteiger partial charge in [-0.05, 0) is 34.7 Å². The number of amides is 2. The van der Waals surface area contributed by atoms with Crippen molar-refractivity contribution >= 4 is 18.0 Å². The Kier molecular flexibility index (Phi) is 7.97. The number of ether oxygens (including phenoxy) is 2. The molecule has 1 aliphatic rings. The molecule has 3 N–H and O–H groups in total. The van der Waals surface area contributed by atoms with Crippen molar-refractivity contribution in [3.8, 4) is 11.1 Å². The first-order valence-electron chi connectivity index (χ1n) is 11.7. The van der Waals surface area contributed by atoms with Crippen LogP contribution in [0.1, 0.15) is 29.5 Å². The normalized spacial score (nSPS) is 13.7. The molecule has 3 aromatic carbocycles. The lowest BCUT2D eigenvalue weighted by Gasteiger charge is -2.22. The molecule has 0 aliphatic heterocycles. The van der Waals surface area contributed by atoms with Crippen LogP contribution in [0.2, 0.25) is 0 Å². The van der Waals surface area contributed by atoms with E-state index in [1.165, 1.54) is 0 Å². The van der Waals surface area contributed by atoms with Gasteiger partial charge in [-0.2, -0.15) is 0 Å². The highest BCUT2D eigenvalue weighted by atomic mass is 16.5. The molecule has 0 heterocycles. The average molecular weight is 489 g/mol. The summed E-state index contributed by atoms with van der Waals surface area (Å²) in [6, 6.07) is 24.0. The first-order valence-corrected chi connectivity index (χ1v) is 11.7. The van der Waals surface area contributed by atoms with Gasteiger partial charge in [0, 0.05) is 5.92 Å². The number of benzene rings is 3. The van der Waals surface area contributed by atoms with Gasteiger partial charge in [-0.25, -0.2) is 9.59 Å². The minimum atomic E-state index is -1.27. The van der Waals surface area contributed by atoms with E-state index in [1.807, 2.05) is 78.9 Å². The monoisotopic (exact) mass is 488 g/mol. The Balaban J connectivity index is 1.26. The fourth-order valence-electron chi connectivity index (χ4n) is 4.30. The number of rotatable bonds is 10. The van der Waals surface area contributed by atoms with Gasteiger partial charge in [0.05, 0.1) is 12.7 Å². The summed E-state index contributed by atoms with van der Waals surface area (Å²) < 4.78 is 11.0. The molecular formula is C28H28N2O6. The summed E-state index contributed by atoms with van der Waals surface area (Å²) in [5.41, 5.74) is 5.28. The summed E-state index contributed by atoms with van der Waals surface area (Å²) in [5, 5.41) is 14.3. The average Bonchev–Trinajstić information content (AvgIpc) is 3.22. The minimum Gasteiger partial charge on any atom is -0.480 e. The maximum atomic E-state index is 12.3. The summed E-state index contributed by atoms with van der Waals surface area (Å²) in [6.07, 6.45) is -1.55. The van der Waals surface area contributed by atoms with E-state index in [9.17, 15) is 19.5 Å². The molecule has 36 heavy (non-hydrogen) atoms. The number of carbonyl (C=O) groups is 3. The maximum absolute atomic E-state index is 12.3. The van der Waals surface area contributed by atoms with Crippen LogP contribution in [-0.4, -0.2) is 48.4 Å². The van der Waals surface area contributed by atoms with E-state index in [1.54, 1.807) is 6.92 Å². The second-order valence-corrected chi connectivity index (χ2v) is 8.56. The molecule has 3 aromatic rings. The minimum absolute atomic E-state index is 0.101. The Hall–Kier alpha value is -4.17. The smallest absolute Gasteiger partial charge is 0.407 e. The van der Waals surface area contributed by atoms with Crippen molar-refractivity contribution in [3.63, 3.8) is 0 Å². The fourth-order valence-corrected chi connectivity index (χ4v) is 4.30. The van der Waals surface area contributed by atoms with Crippen molar-refractivity contribution in [1.29, 1.82) is 0 Å². The predicted octanol–water partition coefficient (Wildman–Crippen LogP) is 3.70. The Labute approximate surface area is 209 Å². The number of carboxylic acids is 1. The second kappa shape index (κ2) is 11.5. The van der Waals surface area contributed by atoms with Crippen LogP contribution < -0.4 is 10.6 Å². The number of hydrogen-bond donors (Lipinski definition) is 3. The highest BCUT2D eigenvalue weighted by molar-refractivity contribution is 5.87. The predicted molar refractivity (Wildman–Crippen MR) is 133 cm³/mol. The van der Waals surface area contributed by atoms with Crippen LogP contribution in [-0.2, 0) is 25.7 Å². The van der Waals surface area contributed by atoms with Gasteiger partial charge in [-0.3, -0.25) is 4.79 Å². The van der Waals surface area contributed by atoms with E-state index >= 15 is 0 Å². The van der Waals surface area contributed by atoms with E-state index in [0.29, 0.717) is 0 Å². The zero-order chi connectivity index (χ0) is 25.5. The van der Waals surface area contributed by atoms with Crippen LogP contribution in [0.15, 0.2) is 78.9 Å². The Morgan fingerprint density at radius 3 is 2.08 bits per heavy atom. The van der Waals surface area contributed by atoms with E-state index in [-0.39, 0.29) is 19.1 Å². The van der Waals surface area contributed by atoms with Gasteiger partial charge in [-0.1, -0.05) is 78.9 Å². The van der Waals surface area contributed by atoms with Crippen LogP contribution in [0.3, 0.4) is 0 Å². The zero-order valence-corrected chi connectivity index (χ0v) is 19.8. The fraction of sp³-hybridized carbons (Fsp3) is 0.250. The molecule has 2 atom stereocenters. The third-order valence-corrected chi connectivity index (χ3v) is 6.14. The molecular weight excluding hydrogens is 460 g/mol. The van der Waals surface area contributed by atoms with Gasteiger partial charge in [0.1, 0.15) is 13.2 Å². The molecule has 0 unspecified atom stereocenters. The van der Waals surface area contributed by atoms with Crippen LogP contribution in [0, 0.1) is 0 Å². The number of nitrogens with one attached hydrogen (secondary N) is 2. The molecule has 0 aromatic heterocycles. The van der Waals surface area contributed by atoms with Crippen LogP contribution in [0.25, 0.3) is 11.1 Å². The summed E-state index contributed by atoms with van der Waals surface area (Å²) in [5.74, 6) is -1.99. The summed E-state index contributed by atoms with van der Waals surface area (Å²) in [4.78, 5) is 36.3. The number of alkyl carbamates (subject to hydrolysis) is 1. The first kappa shape index (κ1) is 24.9. The molecule has 0 radical (unpaired) electrons. The summed E-state index contributed by atoms with van der Waals surface area (Å²) in [6.45, 7) is 1.47. The van der Waals surface area contributed by atoms with Gasteiger partial charge in [0.2, 0.25) is 5.91 Å². The van der Waals surface area contributed by atoms with Gasteiger partial charge < -0.3 is 25.2 Å². The van der Waals surface area contributed by atoms with Gasteiger partial charge in [-0.15, -0.1) is 0 Å². The molecule has 8 nitrogen and oxygen atoms in total. The molecule has 1 aliphatic carbocycles. The second-order valence-electron chi connectivity index (χ2n) is 8.56. The quantitative estimate of drug-likeness (QED) is 0.401. The molecule has 0 spiro atoms. The van der Waals surface area contributed by atoms with Crippen LogP contribution in [0.4, 0.5) is 4.79 Å². The highest BCUT2D eigenvalue weighted by Gasteiger charge is 2.30. The van der Waals surface area contributed by atoms with Crippen LogP contribution >= 0.6 is 0 Å². The van der Waals surface area contributed by atoms with Crippen molar-refractivity contribution in [2.45, 2.75) is 31.6 Å². The van der Waals surface area contributed by atoms with Gasteiger partial charge >= 0.3 is 12.1 Å². The molecule has 186 valence electrons. The number of carbonyl (C=O) groups excluding carboxylic acids is 2. The number of fused-ring (bicyclic) bond motifs is 3. The lowest BCUT2D eigenvalue weighted by atomic mass is 9.98. The van der Waals surface area contributed by atoms with E-state index < -0.39 is 36.7 Å². The standard InChI is InChI=1S/C28H28N2O6/c1-18(35-16-19-9-3-2-4-10-19)26(27(32)33)30-25(31)15-29-28(34)36-17-24-22-13-7-5-11-20(22)21-12-6-8-14-23(21)24/h2-14,18,24,26H,15-17H2,1H3,(H,29,34)(H,30,31)(H,32,33)/t18-,26+/m0/s1. The third kappa shape index (κ3) is 5.90.